The Morgan fingerprint density at radius 2 is 1.95 bits per heavy atom. The van der Waals surface area contributed by atoms with Gasteiger partial charge < -0.3 is 10.4 Å². The topological polar surface area (TPSA) is 104 Å². The molecule has 2 saturated heterocycles. The Morgan fingerprint density at radius 3 is 2.38 bits per heavy atom. The van der Waals surface area contributed by atoms with Gasteiger partial charge in [-0.2, -0.15) is 11.8 Å². The lowest BCUT2D eigenvalue weighted by Crippen LogP contribution is -2.57. The van der Waals surface area contributed by atoms with Gasteiger partial charge in [-0.1, -0.05) is 0 Å². The standard InChI is InChI=1S/C12H20N2O5S2/c1-21(18,19)14-5-2-9(3-6-14)10(15)13-12(11(16)17)4-7-20-8-12/h9H,2-8H2,1H3,(H,13,15)(H,16,17). The van der Waals surface area contributed by atoms with E-state index in [1.54, 1.807) is 0 Å². The molecule has 2 fully saturated rings. The predicted molar refractivity (Wildman–Crippen MR) is 79.6 cm³/mol. The van der Waals surface area contributed by atoms with Gasteiger partial charge in [0, 0.05) is 24.8 Å². The molecule has 1 atom stereocenters. The predicted octanol–water partition coefficient (Wildman–Crippen LogP) is -0.265. The van der Waals surface area contributed by atoms with Crippen LogP contribution in [0.25, 0.3) is 0 Å². The minimum atomic E-state index is -3.22. The van der Waals surface area contributed by atoms with E-state index in [0.717, 1.165) is 12.0 Å². The molecule has 0 bridgehead atoms. The number of piperidine rings is 1. The van der Waals surface area contributed by atoms with E-state index in [2.05, 4.69) is 5.32 Å². The molecule has 0 aromatic rings. The maximum Gasteiger partial charge on any atom is 0.330 e. The first-order chi connectivity index (χ1) is 9.74. The number of carboxylic acid groups (broad SMARTS) is 1. The highest BCUT2D eigenvalue weighted by atomic mass is 32.2. The number of thioether (sulfide) groups is 1. The van der Waals surface area contributed by atoms with Crippen LogP contribution in [0, 0.1) is 5.92 Å². The van der Waals surface area contributed by atoms with Crippen LogP contribution in [0.1, 0.15) is 19.3 Å². The van der Waals surface area contributed by atoms with Gasteiger partial charge in [0.25, 0.3) is 0 Å². The third-order valence-corrected chi connectivity index (χ3v) is 6.58. The van der Waals surface area contributed by atoms with Crippen LogP contribution < -0.4 is 5.32 Å². The molecule has 2 rings (SSSR count). The number of nitrogens with one attached hydrogen (secondary N) is 1. The number of nitrogens with zero attached hydrogens (tertiary/aromatic N) is 1. The molecule has 2 aliphatic heterocycles. The molecule has 2 N–H and O–H groups in total. The minimum absolute atomic E-state index is 0.270. The van der Waals surface area contributed by atoms with E-state index in [9.17, 15) is 23.1 Å². The Bertz CT molecular complexity index is 520. The second-order valence-electron chi connectivity index (χ2n) is 5.62. The van der Waals surface area contributed by atoms with Crippen LogP contribution in [-0.2, 0) is 19.6 Å². The molecule has 120 valence electrons. The maximum absolute atomic E-state index is 12.3. The third kappa shape index (κ3) is 3.70. The number of carbonyl (C=O) groups excluding carboxylic acids is 1. The van der Waals surface area contributed by atoms with E-state index < -0.39 is 21.5 Å². The van der Waals surface area contributed by atoms with Crippen LogP contribution in [0.2, 0.25) is 0 Å². The van der Waals surface area contributed by atoms with E-state index >= 15 is 0 Å². The highest BCUT2D eigenvalue weighted by molar-refractivity contribution is 7.99. The highest BCUT2D eigenvalue weighted by Crippen LogP contribution is 2.29. The van der Waals surface area contributed by atoms with Crippen molar-refractivity contribution in [1.82, 2.24) is 9.62 Å². The molecule has 0 aromatic carbocycles. The molecule has 1 unspecified atom stereocenters. The van der Waals surface area contributed by atoms with Crippen molar-refractivity contribution in [1.29, 1.82) is 0 Å². The molecule has 2 heterocycles. The van der Waals surface area contributed by atoms with Gasteiger partial charge in [0.2, 0.25) is 15.9 Å². The number of carboxylic acids is 1. The smallest absolute Gasteiger partial charge is 0.330 e. The van der Waals surface area contributed by atoms with Gasteiger partial charge in [-0.05, 0) is 25.0 Å². The summed E-state index contributed by atoms with van der Waals surface area (Å²) >= 11 is 1.52. The molecule has 0 radical (unpaired) electrons. The van der Waals surface area contributed by atoms with Crippen LogP contribution in [0.3, 0.4) is 0 Å². The van der Waals surface area contributed by atoms with Crippen molar-refractivity contribution in [2.45, 2.75) is 24.8 Å². The summed E-state index contributed by atoms with van der Waals surface area (Å²) < 4.78 is 24.2. The number of carbonyl (C=O) groups is 2. The molecule has 0 spiro atoms. The molecule has 21 heavy (non-hydrogen) atoms. The largest absolute Gasteiger partial charge is 0.479 e. The van der Waals surface area contributed by atoms with Gasteiger partial charge in [-0.3, -0.25) is 4.79 Å². The monoisotopic (exact) mass is 336 g/mol. The molecule has 1 amide bonds. The Balaban J connectivity index is 1.95. The average molecular weight is 336 g/mol. The zero-order valence-corrected chi connectivity index (χ0v) is 13.5. The fraction of sp³-hybridized carbons (Fsp3) is 0.833. The lowest BCUT2D eigenvalue weighted by atomic mass is 9.93. The summed E-state index contributed by atoms with van der Waals surface area (Å²) in [6.45, 7) is 0.623. The summed E-state index contributed by atoms with van der Waals surface area (Å²) in [6.07, 6.45) is 2.45. The Morgan fingerprint density at radius 1 is 1.33 bits per heavy atom. The van der Waals surface area contributed by atoms with Gasteiger partial charge in [0.1, 0.15) is 5.54 Å². The van der Waals surface area contributed by atoms with Gasteiger partial charge in [-0.25, -0.2) is 17.5 Å². The molecule has 2 aliphatic rings. The fourth-order valence-electron chi connectivity index (χ4n) is 2.67. The Kier molecular flexibility index (Phi) is 4.84. The van der Waals surface area contributed by atoms with Crippen LogP contribution in [0.15, 0.2) is 0 Å². The molecule has 0 aromatic heterocycles. The summed E-state index contributed by atoms with van der Waals surface area (Å²) in [7, 11) is -3.22. The zero-order valence-electron chi connectivity index (χ0n) is 11.9. The minimum Gasteiger partial charge on any atom is -0.479 e. The first kappa shape index (κ1) is 16.6. The normalized spacial score (nSPS) is 28.4. The number of hydrogen-bond acceptors (Lipinski definition) is 5. The van der Waals surface area contributed by atoms with Crippen molar-refractivity contribution in [3.63, 3.8) is 0 Å². The molecule has 0 saturated carbocycles. The second-order valence-corrected chi connectivity index (χ2v) is 8.70. The summed E-state index contributed by atoms with van der Waals surface area (Å²) in [5.41, 5.74) is -1.16. The van der Waals surface area contributed by atoms with Crippen LogP contribution in [0.5, 0.6) is 0 Å². The van der Waals surface area contributed by atoms with Gasteiger partial charge in [-0.15, -0.1) is 0 Å². The summed E-state index contributed by atoms with van der Waals surface area (Å²) in [5, 5.41) is 12.0. The number of hydrogen-bond donors (Lipinski definition) is 2. The van der Waals surface area contributed by atoms with Crippen LogP contribution >= 0.6 is 11.8 Å². The maximum atomic E-state index is 12.3. The number of rotatable bonds is 4. The van der Waals surface area contributed by atoms with E-state index in [4.69, 9.17) is 0 Å². The van der Waals surface area contributed by atoms with E-state index in [1.165, 1.54) is 16.1 Å². The van der Waals surface area contributed by atoms with Crippen LogP contribution in [0.4, 0.5) is 0 Å². The average Bonchev–Trinajstić information content (AvgIpc) is 2.88. The lowest BCUT2D eigenvalue weighted by molar-refractivity contribution is -0.147. The highest BCUT2D eigenvalue weighted by Gasteiger charge is 2.44. The van der Waals surface area contributed by atoms with Gasteiger partial charge in [0.05, 0.1) is 6.26 Å². The van der Waals surface area contributed by atoms with Crippen molar-refractivity contribution in [3.05, 3.63) is 0 Å². The van der Waals surface area contributed by atoms with Gasteiger partial charge >= 0.3 is 5.97 Å². The lowest BCUT2D eigenvalue weighted by Gasteiger charge is -2.32. The Labute approximate surface area is 128 Å². The second kappa shape index (κ2) is 6.13. The zero-order chi connectivity index (χ0) is 15.7. The summed E-state index contributed by atoms with van der Waals surface area (Å²) in [5.74, 6) is -0.470. The third-order valence-electron chi connectivity index (χ3n) is 4.09. The summed E-state index contributed by atoms with van der Waals surface area (Å²) in [4.78, 5) is 23.7. The fourth-order valence-corrected chi connectivity index (χ4v) is 4.87. The Hall–Kier alpha value is -0.800. The first-order valence-corrected chi connectivity index (χ1v) is 9.83. The van der Waals surface area contributed by atoms with Gasteiger partial charge in [0.15, 0.2) is 0 Å². The van der Waals surface area contributed by atoms with Crippen LogP contribution in [-0.4, -0.2) is 66.1 Å². The van der Waals surface area contributed by atoms with Crippen molar-refractivity contribution < 1.29 is 23.1 Å². The quantitative estimate of drug-likeness (QED) is 0.733. The van der Waals surface area contributed by atoms with E-state index in [1.807, 2.05) is 0 Å². The van der Waals surface area contributed by atoms with Crippen molar-refractivity contribution >= 4 is 33.7 Å². The first-order valence-electron chi connectivity index (χ1n) is 6.83. The number of sulfonamides is 1. The number of amides is 1. The van der Waals surface area contributed by atoms with Crippen molar-refractivity contribution in [2.75, 3.05) is 30.9 Å². The molecular weight excluding hydrogens is 316 g/mol. The van der Waals surface area contributed by atoms with Crippen molar-refractivity contribution in [2.24, 2.45) is 5.92 Å². The molecule has 7 nitrogen and oxygen atoms in total. The molecule has 9 heteroatoms. The number of aliphatic carboxylic acids is 1. The summed E-state index contributed by atoms with van der Waals surface area (Å²) in [6, 6.07) is 0. The molecule has 0 aliphatic carbocycles. The van der Waals surface area contributed by atoms with Crippen molar-refractivity contribution in [3.8, 4) is 0 Å². The molecular formula is C12H20N2O5S2. The van der Waals surface area contributed by atoms with E-state index in [-0.39, 0.29) is 11.8 Å². The SMILES string of the molecule is CS(=O)(=O)N1CCC(C(=O)NC2(C(=O)O)CCSC2)CC1. The van der Waals surface area contributed by atoms with E-state index in [0.29, 0.717) is 38.1 Å².